The van der Waals surface area contributed by atoms with Crippen molar-refractivity contribution in [3.05, 3.63) is 10.8 Å². The lowest BCUT2D eigenvalue weighted by atomic mass is 11.3. The molecule has 0 atom stereocenters. The van der Waals surface area contributed by atoms with Crippen molar-refractivity contribution in [1.29, 1.82) is 0 Å². The Bertz CT molecular complexity index is 63.9. The van der Waals surface area contributed by atoms with E-state index in [2.05, 4.69) is 0 Å². The molecule has 0 saturated heterocycles. The molecule has 0 fully saturated rings. The zero-order valence-corrected chi connectivity index (χ0v) is 4.55. The van der Waals surface area contributed by atoms with Gasteiger partial charge in [-0.1, -0.05) is 0 Å². The van der Waals surface area contributed by atoms with Crippen LogP contribution in [0.25, 0.3) is 0 Å². The summed E-state index contributed by atoms with van der Waals surface area (Å²) < 4.78 is 1.33. The van der Waals surface area contributed by atoms with Crippen LogP contribution in [0.3, 0.4) is 0 Å². The minimum Gasteiger partial charge on any atom is -0.155 e. The highest BCUT2D eigenvalue weighted by Crippen LogP contribution is 2.27. The molecular formula is C2H3N2S2. The van der Waals surface area contributed by atoms with Crippen molar-refractivity contribution in [3.63, 3.8) is 0 Å². The molecule has 2 nitrogen and oxygen atoms in total. The molecule has 1 heterocycles. The average molecular weight is 119 g/mol. The third kappa shape index (κ3) is 0.909. The Morgan fingerprint density at radius 2 is 1.83 bits per heavy atom. The summed E-state index contributed by atoms with van der Waals surface area (Å²) in [4.78, 5) is 0. The van der Waals surface area contributed by atoms with Crippen molar-refractivity contribution in [3.8, 4) is 0 Å². The van der Waals surface area contributed by atoms with Crippen LogP contribution in [0.1, 0.15) is 0 Å². The van der Waals surface area contributed by atoms with Crippen LogP contribution in [-0.2, 0) is 0 Å². The van der Waals surface area contributed by atoms with E-state index in [0.717, 1.165) is 0 Å². The topological polar surface area (TPSA) is 27.0 Å². The van der Waals surface area contributed by atoms with Crippen LogP contribution < -0.4 is 5.84 Å². The predicted octanol–water partition coefficient (Wildman–Crippen LogP) is 1.27. The summed E-state index contributed by atoms with van der Waals surface area (Å²) in [5.74, 6) is 6.83. The molecule has 0 amide bonds. The SMILES string of the molecule is [NH]N1SC=CS1. The molecule has 0 spiro atoms. The van der Waals surface area contributed by atoms with Crippen LogP contribution in [0.15, 0.2) is 10.8 Å². The molecule has 0 aromatic heterocycles. The fraction of sp³-hybridized carbons (Fsp3) is 0. The molecule has 33 valence electrons. The summed E-state index contributed by atoms with van der Waals surface area (Å²) >= 11 is 2.76. The van der Waals surface area contributed by atoms with Crippen molar-refractivity contribution < 1.29 is 0 Å². The van der Waals surface area contributed by atoms with Crippen LogP contribution in [0.5, 0.6) is 0 Å². The van der Waals surface area contributed by atoms with Gasteiger partial charge in [-0.2, -0.15) is 5.84 Å². The van der Waals surface area contributed by atoms with E-state index in [9.17, 15) is 0 Å². The molecule has 1 N–H and O–H groups in total. The zero-order chi connectivity index (χ0) is 4.41. The van der Waals surface area contributed by atoms with E-state index in [1.165, 1.54) is 27.7 Å². The van der Waals surface area contributed by atoms with E-state index < -0.39 is 0 Å². The average Bonchev–Trinajstić information content (AvgIpc) is 1.86. The lowest BCUT2D eigenvalue weighted by molar-refractivity contribution is 0.789. The Morgan fingerprint density at radius 3 is 2.00 bits per heavy atom. The second-order valence-corrected chi connectivity index (χ2v) is 2.67. The van der Waals surface area contributed by atoms with Gasteiger partial charge >= 0.3 is 0 Å². The second kappa shape index (κ2) is 1.88. The first-order valence-corrected chi connectivity index (χ1v) is 3.07. The zero-order valence-electron chi connectivity index (χ0n) is 2.92. The van der Waals surface area contributed by atoms with E-state index in [4.69, 9.17) is 5.84 Å². The third-order valence-corrected chi connectivity index (χ3v) is 1.96. The molecule has 0 aromatic rings. The maximum Gasteiger partial charge on any atom is -0.00340 e. The van der Waals surface area contributed by atoms with E-state index in [1.807, 2.05) is 10.8 Å². The Labute approximate surface area is 45.0 Å². The van der Waals surface area contributed by atoms with Crippen LogP contribution in [0.4, 0.5) is 0 Å². The van der Waals surface area contributed by atoms with Gasteiger partial charge in [0.2, 0.25) is 0 Å². The maximum atomic E-state index is 6.83. The number of hydrogen-bond acceptors (Lipinski definition) is 3. The normalized spacial score (nSPS) is 22.8. The number of nitrogens with one attached hydrogen (secondary N) is 1. The van der Waals surface area contributed by atoms with Gasteiger partial charge in [-0.25, -0.2) is 0 Å². The highest BCUT2D eigenvalue weighted by atomic mass is 32.2. The van der Waals surface area contributed by atoms with Crippen LogP contribution in [0, 0.1) is 0 Å². The van der Waals surface area contributed by atoms with Gasteiger partial charge in [-0.3, -0.25) is 0 Å². The molecule has 0 saturated carbocycles. The predicted molar refractivity (Wildman–Crippen MR) is 29.3 cm³/mol. The smallest absolute Gasteiger partial charge is 0.00340 e. The first-order valence-electron chi connectivity index (χ1n) is 1.39. The molecule has 0 bridgehead atoms. The van der Waals surface area contributed by atoms with Gasteiger partial charge in [0.05, 0.1) is 0 Å². The van der Waals surface area contributed by atoms with Crippen LogP contribution >= 0.6 is 23.9 Å². The maximum absolute atomic E-state index is 6.83. The molecule has 1 aliphatic rings. The number of nitrogens with zero attached hydrogens (tertiary/aromatic N) is 1. The van der Waals surface area contributed by atoms with Crippen molar-refractivity contribution >= 4 is 23.9 Å². The quantitative estimate of drug-likeness (QED) is 0.449. The van der Waals surface area contributed by atoms with Gasteiger partial charge < -0.3 is 0 Å². The van der Waals surface area contributed by atoms with E-state index in [1.54, 1.807) is 0 Å². The lowest BCUT2D eigenvalue weighted by Gasteiger charge is -1.95. The summed E-state index contributed by atoms with van der Waals surface area (Å²) in [7, 11) is 0. The summed E-state index contributed by atoms with van der Waals surface area (Å²) in [5, 5.41) is 3.75. The molecule has 1 aliphatic heterocycles. The first-order chi connectivity index (χ1) is 2.89. The molecule has 4 heteroatoms. The van der Waals surface area contributed by atoms with Crippen LogP contribution in [0.2, 0.25) is 0 Å². The van der Waals surface area contributed by atoms with E-state index >= 15 is 0 Å². The second-order valence-electron chi connectivity index (χ2n) is 0.740. The van der Waals surface area contributed by atoms with Crippen molar-refractivity contribution in [2.45, 2.75) is 0 Å². The Balaban J connectivity index is 2.32. The minimum absolute atomic E-state index is 1.33. The highest BCUT2D eigenvalue weighted by Gasteiger charge is 1.99. The van der Waals surface area contributed by atoms with Gasteiger partial charge in [0.1, 0.15) is 0 Å². The first kappa shape index (κ1) is 4.52. The highest BCUT2D eigenvalue weighted by molar-refractivity contribution is 8.17. The van der Waals surface area contributed by atoms with Crippen molar-refractivity contribution in [2.75, 3.05) is 0 Å². The largest absolute Gasteiger partial charge is 0.155 e. The molecule has 1 radical (unpaired) electrons. The van der Waals surface area contributed by atoms with Crippen molar-refractivity contribution in [1.82, 2.24) is 9.66 Å². The Hall–Kier alpha value is 0.360. The fourth-order valence-corrected chi connectivity index (χ4v) is 1.30. The van der Waals surface area contributed by atoms with E-state index in [-0.39, 0.29) is 0 Å². The molecular weight excluding hydrogens is 116 g/mol. The summed E-state index contributed by atoms with van der Waals surface area (Å²) in [6.07, 6.45) is 0. The van der Waals surface area contributed by atoms with E-state index in [0.29, 0.717) is 0 Å². The molecule has 1 rings (SSSR count). The monoisotopic (exact) mass is 119 g/mol. The molecule has 0 unspecified atom stereocenters. The Morgan fingerprint density at radius 1 is 1.33 bits per heavy atom. The third-order valence-electron chi connectivity index (χ3n) is 0.369. The van der Waals surface area contributed by atoms with Gasteiger partial charge in [-0.15, -0.1) is 3.82 Å². The summed E-state index contributed by atoms with van der Waals surface area (Å²) in [5.41, 5.74) is 0. The van der Waals surface area contributed by atoms with Gasteiger partial charge in [0.25, 0.3) is 0 Å². The Kier molecular flexibility index (Phi) is 1.42. The molecule has 6 heavy (non-hydrogen) atoms. The van der Waals surface area contributed by atoms with Gasteiger partial charge in [0, 0.05) is 0 Å². The summed E-state index contributed by atoms with van der Waals surface area (Å²) in [6, 6.07) is 0. The molecule has 0 aromatic carbocycles. The molecule has 0 aliphatic carbocycles. The lowest BCUT2D eigenvalue weighted by Crippen LogP contribution is -1.92. The van der Waals surface area contributed by atoms with Crippen molar-refractivity contribution in [2.24, 2.45) is 0 Å². The standard InChI is InChI=1S/C2H3N2S2/c3-4-5-1-2-6-4/h1-3H. The van der Waals surface area contributed by atoms with Gasteiger partial charge in [-0.05, 0) is 34.7 Å². The van der Waals surface area contributed by atoms with Gasteiger partial charge in [0.15, 0.2) is 0 Å². The number of hydrogen-bond donors (Lipinski definition) is 0. The minimum atomic E-state index is 1.33. The van der Waals surface area contributed by atoms with Crippen LogP contribution in [-0.4, -0.2) is 3.82 Å². The fourth-order valence-electron chi connectivity index (χ4n) is 0.185. The summed E-state index contributed by atoms with van der Waals surface area (Å²) in [6.45, 7) is 0. The number of rotatable bonds is 0.